The average Bonchev–Trinajstić information content (AvgIpc) is 2.89. The number of piperidine rings is 1. The van der Waals surface area contributed by atoms with Crippen molar-refractivity contribution >= 4 is 11.8 Å². The highest BCUT2D eigenvalue weighted by atomic mass is 32.2. The molecule has 2 heterocycles. The zero-order valence-corrected chi connectivity index (χ0v) is 23.6. The fourth-order valence-electron chi connectivity index (χ4n) is 5.60. The number of aromatic hydroxyl groups is 1. The lowest BCUT2D eigenvalue weighted by atomic mass is 9.86. The molecule has 1 saturated heterocycles. The first-order chi connectivity index (χ1) is 17.2. The van der Waals surface area contributed by atoms with E-state index in [1.165, 1.54) is 5.56 Å². The van der Waals surface area contributed by atoms with Crippen molar-refractivity contribution in [1.29, 1.82) is 0 Å². The van der Waals surface area contributed by atoms with Crippen molar-refractivity contribution in [1.82, 2.24) is 4.90 Å². The molecule has 1 fully saturated rings. The average molecular weight is 516 g/mol. The molecule has 1 atom stereocenters. The van der Waals surface area contributed by atoms with Crippen LogP contribution in [-0.4, -0.2) is 61.8 Å². The molecule has 7 heteroatoms. The monoisotopic (exact) mass is 515 g/mol. The lowest BCUT2D eigenvalue weighted by Crippen LogP contribution is -2.49. The number of phenols is 1. The fraction of sp³-hybridized carbons (Fsp3) is 0.586. The van der Waals surface area contributed by atoms with E-state index >= 15 is 0 Å². The second kappa shape index (κ2) is 11.0. The third-order valence-electron chi connectivity index (χ3n) is 7.95. The van der Waals surface area contributed by atoms with E-state index < -0.39 is 0 Å². The van der Waals surface area contributed by atoms with Gasteiger partial charge in [0.1, 0.15) is 17.1 Å². The third-order valence-corrected chi connectivity index (χ3v) is 9.37. The summed E-state index contributed by atoms with van der Waals surface area (Å²) in [4.78, 5) is 2.56. The Labute approximate surface area is 220 Å². The highest BCUT2D eigenvalue weighted by molar-refractivity contribution is 7.99. The first kappa shape index (κ1) is 26.8. The molecule has 198 valence electrons. The molecule has 0 amide bonds. The summed E-state index contributed by atoms with van der Waals surface area (Å²) in [6.45, 7) is 11.4. The maximum Gasteiger partial charge on any atom is 0.203 e. The Bertz CT molecular complexity index is 1100. The topological polar surface area (TPSA) is 60.4 Å². The van der Waals surface area contributed by atoms with Gasteiger partial charge in [0.15, 0.2) is 11.5 Å². The summed E-state index contributed by atoms with van der Waals surface area (Å²) in [5.74, 6) is 4.41. The molecule has 2 aliphatic rings. The predicted octanol–water partition coefficient (Wildman–Crippen LogP) is 5.82. The van der Waals surface area contributed by atoms with E-state index in [2.05, 4.69) is 24.8 Å². The number of phenolic OH excluding ortho intramolecular Hbond substituents is 1. The van der Waals surface area contributed by atoms with E-state index in [1.54, 1.807) is 21.3 Å². The third kappa shape index (κ3) is 5.23. The number of rotatable bonds is 8. The molecule has 0 saturated carbocycles. The molecule has 1 unspecified atom stereocenters. The molecule has 0 aliphatic carbocycles. The van der Waals surface area contributed by atoms with Crippen LogP contribution in [0.3, 0.4) is 0 Å². The molecule has 36 heavy (non-hydrogen) atoms. The van der Waals surface area contributed by atoms with Gasteiger partial charge in [-0.25, -0.2) is 0 Å². The van der Waals surface area contributed by atoms with Gasteiger partial charge < -0.3 is 24.1 Å². The van der Waals surface area contributed by atoms with Crippen molar-refractivity contribution in [3.05, 3.63) is 39.9 Å². The Kier molecular flexibility index (Phi) is 8.20. The molecular weight excluding hydrogens is 474 g/mol. The Morgan fingerprint density at radius 3 is 2.33 bits per heavy atom. The van der Waals surface area contributed by atoms with Gasteiger partial charge in [-0.3, -0.25) is 4.90 Å². The molecule has 4 rings (SSSR count). The number of hydrogen-bond donors (Lipinski definition) is 1. The molecule has 1 N–H and O–H groups in total. The summed E-state index contributed by atoms with van der Waals surface area (Å²) in [7, 11) is 4.98. The van der Waals surface area contributed by atoms with Crippen LogP contribution in [0.15, 0.2) is 12.1 Å². The van der Waals surface area contributed by atoms with Crippen molar-refractivity contribution in [2.24, 2.45) is 0 Å². The number of fused-ring (bicyclic) bond motifs is 1. The number of benzene rings is 2. The van der Waals surface area contributed by atoms with Gasteiger partial charge in [0, 0.05) is 28.7 Å². The molecule has 2 aliphatic heterocycles. The van der Waals surface area contributed by atoms with Gasteiger partial charge in [0.25, 0.3) is 0 Å². The summed E-state index contributed by atoms with van der Waals surface area (Å²) in [6, 6.07) is 4.03. The van der Waals surface area contributed by atoms with Crippen molar-refractivity contribution in [2.45, 2.75) is 70.0 Å². The largest absolute Gasteiger partial charge is 0.507 e. The Hall–Kier alpha value is -2.25. The number of methoxy groups -OCH3 is 3. The molecule has 0 spiro atoms. The van der Waals surface area contributed by atoms with E-state index in [-0.39, 0.29) is 5.60 Å². The predicted molar refractivity (Wildman–Crippen MR) is 147 cm³/mol. The van der Waals surface area contributed by atoms with Gasteiger partial charge in [-0.1, -0.05) is 6.07 Å². The Morgan fingerprint density at radius 1 is 1.00 bits per heavy atom. The molecule has 0 radical (unpaired) electrons. The van der Waals surface area contributed by atoms with Crippen molar-refractivity contribution in [3.8, 4) is 28.7 Å². The number of thioether (sulfide) groups is 1. The van der Waals surface area contributed by atoms with Gasteiger partial charge in [0.2, 0.25) is 5.75 Å². The lowest BCUT2D eigenvalue weighted by Gasteiger charge is -2.42. The molecule has 0 bridgehead atoms. The van der Waals surface area contributed by atoms with Crippen molar-refractivity contribution in [3.63, 3.8) is 0 Å². The van der Waals surface area contributed by atoms with E-state index in [4.69, 9.17) is 18.9 Å². The van der Waals surface area contributed by atoms with Gasteiger partial charge in [-0.05, 0) is 89.2 Å². The van der Waals surface area contributed by atoms with Gasteiger partial charge in [-0.15, -0.1) is 0 Å². The van der Waals surface area contributed by atoms with Crippen LogP contribution in [0, 0.1) is 20.8 Å². The number of likely N-dealkylation sites (tertiary alicyclic amines) is 1. The van der Waals surface area contributed by atoms with Gasteiger partial charge in [0.05, 0.1) is 21.3 Å². The second-order valence-electron chi connectivity index (χ2n) is 10.4. The SMILES string of the molecule is COc1ccc(CSC2CCN(CC3(C)CCc4c(C)c(O)c(C)c(C)c4O3)CC2)c(OC)c1OC. The van der Waals surface area contributed by atoms with Crippen LogP contribution < -0.4 is 18.9 Å². The maximum absolute atomic E-state index is 10.5. The number of hydrogen-bond acceptors (Lipinski definition) is 7. The van der Waals surface area contributed by atoms with Crippen LogP contribution >= 0.6 is 11.8 Å². The highest BCUT2D eigenvalue weighted by Crippen LogP contribution is 2.44. The van der Waals surface area contributed by atoms with E-state index in [9.17, 15) is 5.11 Å². The van der Waals surface area contributed by atoms with Gasteiger partial charge >= 0.3 is 0 Å². The molecule has 0 aromatic heterocycles. The van der Waals surface area contributed by atoms with E-state index in [0.29, 0.717) is 22.5 Å². The standard InChI is InChI=1S/C29H41NO5S/c1-18-19(2)26-23(20(3)25(18)31)10-13-29(4,35-26)17-30-14-11-22(12-15-30)36-16-21-8-9-24(32-5)28(34-7)27(21)33-6/h8-9,22,31H,10-17H2,1-7H3. The zero-order chi connectivity index (χ0) is 26.0. The quantitative estimate of drug-likeness (QED) is 0.475. The molecule has 6 nitrogen and oxygen atoms in total. The van der Waals surface area contributed by atoms with E-state index in [0.717, 1.165) is 84.8 Å². The lowest BCUT2D eigenvalue weighted by molar-refractivity contribution is 0.0194. The minimum Gasteiger partial charge on any atom is -0.507 e. The highest BCUT2D eigenvalue weighted by Gasteiger charge is 2.37. The minimum atomic E-state index is -0.208. The second-order valence-corrected chi connectivity index (χ2v) is 11.7. The van der Waals surface area contributed by atoms with Crippen LogP contribution in [0.4, 0.5) is 0 Å². The maximum atomic E-state index is 10.5. The van der Waals surface area contributed by atoms with Crippen LogP contribution in [0.1, 0.15) is 54.0 Å². The summed E-state index contributed by atoms with van der Waals surface area (Å²) in [5.41, 5.74) is 5.07. The van der Waals surface area contributed by atoms with Crippen molar-refractivity contribution < 1.29 is 24.1 Å². The molecular formula is C29H41NO5S. The fourth-order valence-corrected chi connectivity index (χ4v) is 6.78. The molecule has 2 aromatic rings. The minimum absolute atomic E-state index is 0.208. The summed E-state index contributed by atoms with van der Waals surface area (Å²) in [5, 5.41) is 11.1. The first-order valence-electron chi connectivity index (χ1n) is 12.8. The molecule has 2 aromatic carbocycles. The van der Waals surface area contributed by atoms with Crippen molar-refractivity contribution in [2.75, 3.05) is 41.0 Å². The van der Waals surface area contributed by atoms with Crippen LogP contribution in [0.25, 0.3) is 0 Å². The summed E-state index contributed by atoms with van der Waals surface area (Å²) in [6.07, 6.45) is 4.25. The van der Waals surface area contributed by atoms with Crippen LogP contribution in [0.5, 0.6) is 28.7 Å². The van der Waals surface area contributed by atoms with Crippen LogP contribution in [-0.2, 0) is 12.2 Å². The number of ether oxygens (including phenoxy) is 4. The first-order valence-corrected chi connectivity index (χ1v) is 13.9. The van der Waals surface area contributed by atoms with Crippen LogP contribution in [0.2, 0.25) is 0 Å². The van der Waals surface area contributed by atoms with E-state index in [1.807, 2.05) is 31.7 Å². The Balaban J connectivity index is 1.34. The summed E-state index contributed by atoms with van der Waals surface area (Å²) >= 11 is 2.00. The smallest absolute Gasteiger partial charge is 0.203 e. The Morgan fingerprint density at radius 2 is 1.69 bits per heavy atom. The number of nitrogens with zero attached hydrogens (tertiary/aromatic N) is 1. The van der Waals surface area contributed by atoms with Gasteiger partial charge in [-0.2, -0.15) is 11.8 Å². The summed E-state index contributed by atoms with van der Waals surface area (Å²) < 4.78 is 23.3. The normalized spacial score (nSPS) is 20.5. The zero-order valence-electron chi connectivity index (χ0n) is 22.8.